The molecular formula is C17H16BrFO. The number of halogens is 2. The molecule has 104 valence electrons. The van der Waals surface area contributed by atoms with Crippen LogP contribution in [-0.2, 0) is 19.3 Å². The average molecular weight is 335 g/mol. The summed E-state index contributed by atoms with van der Waals surface area (Å²) in [7, 11) is 0. The number of hydrogen-bond acceptors (Lipinski definition) is 1. The van der Waals surface area contributed by atoms with E-state index in [1.165, 1.54) is 17.2 Å². The lowest BCUT2D eigenvalue weighted by Gasteiger charge is -2.18. The van der Waals surface area contributed by atoms with Crippen LogP contribution in [0.2, 0.25) is 0 Å². The molecule has 2 aromatic carbocycles. The quantitative estimate of drug-likeness (QED) is 0.902. The van der Waals surface area contributed by atoms with Crippen molar-refractivity contribution in [3.8, 4) is 0 Å². The molecule has 0 aliphatic heterocycles. The van der Waals surface area contributed by atoms with Gasteiger partial charge in [-0.15, -0.1) is 0 Å². The highest BCUT2D eigenvalue weighted by Gasteiger charge is 2.27. The van der Waals surface area contributed by atoms with Crippen LogP contribution in [0, 0.1) is 11.7 Å². The number of benzene rings is 2. The second-order valence-electron chi connectivity index (χ2n) is 5.44. The van der Waals surface area contributed by atoms with Crippen LogP contribution < -0.4 is 0 Å². The summed E-state index contributed by atoms with van der Waals surface area (Å²) in [6.45, 7) is 0. The zero-order valence-electron chi connectivity index (χ0n) is 11.0. The van der Waals surface area contributed by atoms with Crippen molar-refractivity contribution in [2.75, 3.05) is 0 Å². The highest BCUT2D eigenvalue weighted by atomic mass is 79.9. The molecule has 0 amide bonds. The first-order chi connectivity index (χ1) is 9.63. The molecule has 1 N–H and O–H groups in total. The molecule has 0 heterocycles. The van der Waals surface area contributed by atoms with E-state index in [4.69, 9.17) is 0 Å². The van der Waals surface area contributed by atoms with Gasteiger partial charge in [-0.3, -0.25) is 0 Å². The molecule has 0 saturated carbocycles. The van der Waals surface area contributed by atoms with Gasteiger partial charge in [-0.25, -0.2) is 4.39 Å². The van der Waals surface area contributed by atoms with E-state index >= 15 is 0 Å². The maximum Gasteiger partial charge on any atom is 0.126 e. The Labute approximate surface area is 126 Å². The van der Waals surface area contributed by atoms with Crippen molar-refractivity contribution in [1.82, 2.24) is 0 Å². The Balaban J connectivity index is 1.72. The van der Waals surface area contributed by atoms with Gasteiger partial charge in [-0.1, -0.05) is 40.2 Å². The van der Waals surface area contributed by atoms with Crippen molar-refractivity contribution >= 4 is 15.9 Å². The van der Waals surface area contributed by atoms with Crippen LogP contribution in [0.15, 0.2) is 46.9 Å². The molecule has 3 heteroatoms. The molecule has 2 aromatic rings. The molecule has 1 atom stereocenters. The lowest BCUT2D eigenvalue weighted by Crippen LogP contribution is -2.23. The second-order valence-corrected chi connectivity index (χ2v) is 6.36. The van der Waals surface area contributed by atoms with E-state index in [1.807, 2.05) is 12.1 Å². The number of hydrogen-bond donors (Lipinski definition) is 1. The van der Waals surface area contributed by atoms with Crippen molar-refractivity contribution in [1.29, 1.82) is 0 Å². The molecule has 0 fully saturated rings. The SMILES string of the molecule is OC(Cc1cc(Br)ccc1F)C1Cc2ccccc2C1. The third-order valence-corrected chi connectivity index (χ3v) is 4.56. The van der Waals surface area contributed by atoms with E-state index < -0.39 is 6.10 Å². The molecular weight excluding hydrogens is 319 g/mol. The minimum atomic E-state index is -0.508. The van der Waals surface area contributed by atoms with E-state index in [1.54, 1.807) is 12.1 Å². The Morgan fingerprint density at radius 1 is 1.15 bits per heavy atom. The minimum Gasteiger partial charge on any atom is -0.392 e. The minimum absolute atomic E-state index is 0.186. The van der Waals surface area contributed by atoms with Gasteiger partial charge in [0.15, 0.2) is 0 Å². The normalized spacial score (nSPS) is 16.1. The third kappa shape index (κ3) is 2.79. The predicted octanol–water partition coefficient (Wildman–Crippen LogP) is 3.91. The monoisotopic (exact) mass is 334 g/mol. The number of aliphatic hydroxyl groups is 1. The van der Waals surface area contributed by atoms with Gasteiger partial charge in [0.05, 0.1) is 6.10 Å². The summed E-state index contributed by atoms with van der Waals surface area (Å²) in [5.41, 5.74) is 3.19. The van der Waals surface area contributed by atoms with Crippen molar-refractivity contribution in [2.45, 2.75) is 25.4 Å². The summed E-state index contributed by atoms with van der Waals surface area (Å²) >= 11 is 3.34. The summed E-state index contributed by atoms with van der Waals surface area (Å²) in [6, 6.07) is 13.2. The van der Waals surface area contributed by atoms with E-state index in [9.17, 15) is 9.50 Å². The van der Waals surface area contributed by atoms with Crippen molar-refractivity contribution in [3.05, 3.63) is 69.4 Å². The fourth-order valence-corrected chi connectivity index (χ4v) is 3.37. The maximum atomic E-state index is 13.7. The van der Waals surface area contributed by atoms with Crippen LogP contribution in [0.1, 0.15) is 16.7 Å². The van der Waals surface area contributed by atoms with E-state index in [0.717, 1.165) is 17.3 Å². The van der Waals surface area contributed by atoms with E-state index in [0.29, 0.717) is 12.0 Å². The fourth-order valence-electron chi connectivity index (χ4n) is 2.96. The molecule has 0 spiro atoms. The predicted molar refractivity (Wildman–Crippen MR) is 81.2 cm³/mol. The molecule has 0 saturated heterocycles. The highest BCUT2D eigenvalue weighted by molar-refractivity contribution is 9.10. The Hall–Kier alpha value is -1.19. The smallest absolute Gasteiger partial charge is 0.126 e. The summed E-state index contributed by atoms with van der Waals surface area (Å²) < 4.78 is 14.6. The van der Waals surface area contributed by atoms with Gasteiger partial charge in [-0.2, -0.15) is 0 Å². The van der Waals surface area contributed by atoms with Gasteiger partial charge in [0.1, 0.15) is 5.82 Å². The third-order valence-electron chi connectivity index (χ3n) is 4.06. The van der Waals surface area contributed by atoms with Gasteiger partial charge in [-0.05, 0) is 53.6 Å². The molecule has 1 unspecified atom stereocenters. The Kier molecular flexibility index (Phi) is 3.90. The molecule has 0 aromatic heterocycles. The Bertz CT molecular complexity index is 601. The maximum absolute atomic E-state index is 13.7. The summed E-state index contributed by atoms with van der Waals surface area (Å²) in [4.78, 5) is 0. The first-order valence-electron chi connectivity index (χ1n) is 6.82. The standard InChI is InChI=1S/C17H16BrFO/c18-15-5-6-16(19)13(9-15)10-17(20)14-7-11-3-1-2-4-12(11)8-14/h1-6,9,14,17,20H,7-8,10H2. The van der Waals surface area contributed by atoms with Gasteiger partial charge in [0.2, 0.25) is 0 Å². The average Bonchev–Trinajstić information content (AvgIpc) is 2.87. The summed E-state index contributed by atoms with van der Waals surface area (Å²) in [5.74, 6) is -0.0615. The summed E-state index contributed by atoms with van der Waals surface area (Å²) in [5, 5.41) is 10.4. The van der Waals surface area contributed by atoms with Crippen molar-refractivity contribution in [3.63, 3.8) is 0 Å². The largest absolute Gasteiger partial charge is 0.392 e. The first-order valence-corrected chi connectivity index (χ1v) is 7.61. The van der Waals surface area contributed by atoms with Gasteiger partial charge < -0.3 is 5.11 Å². The second kappa shape index (κ2) is 5.66. The Morgan fingerprint density at radius 3 is 2.45 bits per heavy atom. The van der Waals surface area contributed by atoms with Crippen molar-refractivity contribution < 1.29 is 9.50 Å². The number of fused-ring (bicyclic) bond motifs is 1. The molecule has 1 aliphatic rings. The summed E-state index contributed by atoms with van der Waals surface area (Å²) in [6.07, 6.45) is 1.62. The van der Waals surface area contributed by atoms with Gasteiger partial charge >= 0.3 is 0 Å². The van der Waals surface area contributed by atoms with Gasteiger partial charge in [0, 0.05) is 10.9 Å². The van der Waals surface area contributed by atoms with Crippen LogP contribution in [0.3, 0.4) is 0 Å². The first kappa shape index (κ1) is 13.8. The zero-order valence-corrected chi connectivity index (χ0v) is 12.6. The van der Waals surface area contributed by atoms with Crippen LogP contribution in [0.25, 0.3) is 0 Å². The molecule has 0 bridgehead atoms. The topological polar surface area (TPSA) is 20.2 Å². The fraction of sp³-hybridized carbons (Fsp3) is 0.294. The molecule has 0 radical (unpaired) electrons. The van der Waals surface area contributed by atoms with Crippen LogP contribution in [0.4, 0.5) is 4.39 Å². The van der Waals surface area contributed by atoms with Crippen LogP contribution in [0.5, 0.6) is 0 Å². The Morgan fingerprint density at radius 2 is 1.80 bits per heavy atom. The van der Waals surface area contributed by atoms with E-state index in [2.05, 4.69) is 28.1 Å². The highest BCUT2D eigenvalue weighted by Crippen LogP contribution is 2.30. The number of aliphatic hydroxyl groups excluding tert-OH is 1. The molecule has 20 heavy (non-hydrogen) atoms. The zero-order chi connectivity index (χ0) is 14.1. The lowest BCUT2D eigenvalue weighted by atomic mass is 9.93. The van der Waals surface area contributed by atoms with Crippen LogP contribution >= 0.6 is 15.9 Å². The van der Waals surface area contributed by atoms with E-state index in [-0.39, 0.29) is 11.7 Å². The molecule has 1 nitrogen and oxygen atoms in total. The van der Waals surface area contributed by atoms with Crippen molar-refractivity contribution in [2.24, 2.45) is 5.92 Å². The lowest BCUT2D eigenvalue weighted by molar-refractivity contribution is 0.112. The number of rotatable bonds is 3. The molecule has 3 rings (SSSR count). The van der Waals surface area contributed by atoms with Crippen LogP contribution in [-0.4, -0.2) is 11.2 Å². The van der Waals surface area contributed by atoms with Gasteiger partial charge in [0.25, 0.3) is 0 Å². The molecule has 1 aliphatic carbocycles.